The predicted molar refractivity (Wildman–Crippen MR) is 105 cm³/mol. The first-order chi connectivity index (χ1) is 13.6. The number of halogens is 1. The summed E-state index contributed by atoms with van der Waals surface area (Å²) in [6.45, 7) is 0.0685. The SMILES string of the molecule is NC(=O)c1ccccc1OCc1nnc2ccc(Nc3cccc(Cl)c3)nn12. The second kappa shape index (κ2) is 7.53. The Labute approximate surface area is 164 Å². The van der Waals surface area contributed by atoms with Gasteiger partial charge >= 0.3 is 0 Å². The molecule has 0 unspecified atom stereocenters. The molecule has 1 amide bonds. The number of hydrogen-bond donors (Lipinski definition) is 2. The van der Waals surface area contributed by atoms with Gasteiger partial charge in [0, 0.05) is 10.7 Å². The molecular formula is C19H15ClN6O2. The predicted octanol–water partition coefficient (Wildman–Crippen LogP) is 3.20. The van der Waals surface area contributed by atoms with Crippen LogP contribution in [0.5, 0.6) is 5.75 Å². The highest BCUT2D eigenvalue weighted by Gasteiger charge is 2.12. The highest BCUT2D eigenvalue weighted by atomic mass is 35.5. The summed E-state index contributed by atoms with van der Waals surface area (Å²) < 4.78 is 7.29. The number of amides is 1. The summed E-state index contributed by atoms with van der Waals surface area (Å²) in [6, 6.07) is 17.6. The molecule has 0 aliphatic rings. The number of benzene rings is 2. The highest BCUT2D eigenvalue weighted by molar-refractivity contribution is 6.30. The van der Waals surface area contributed by atoms with Crippen LogP contribution in [0, 0.1) is 0 Å². The highest BCUT2D eigenvalue weighted by Crippen LogP contribution is 2.20. The molecule has 2 heterocycles. The van der Waals surface area contributed by atoms with Gasteiger partial charge in [-0.25, -0.2) is 0 Å². The molecule has 0 radical (unpaired) electrons. The molecule has 140 valence electrons. The third kappa shape index (κ3) is 3.72. The third-order valence-electron chi connectivity index (χ3n) is 3.93. The summed E-state index contributed by atoms with van der Waals surface area (Å²) in [5.74, 6) is 0.880. The van der Waals surface area contributed by atoms with Crippen molar-refractivity contribution in [3.63, 3.8) is 0 Å². The second-order valence-corrected chi connectivity index (χ2v) is 6.33. The molecule has 3 N–H and O–H groups in total. The number of hydrogen-bond acceptors (Lipinski definition) is 6. The lowest BCUT2D eigenvalue weighted by Crippen LogP contribution is -2.13. The van der Waals surface area contributed by atoms with Gasteiger partial charge in [-0.1, -0.05) is 29.8 Å². The van der Waals surface area contributed by atoms with Crippen LogP contribution in [0.2, 0.25) is 5.02 Å². The van der Waals surface area contributed by atoms with E-state index in [2.05, 4.69) is 20.6 Å². The number of aromatic nitrogens is 4. The molecule has 9 heteroatoms. The molecule has 0 fully saturated rings. The average Bonchev–Trinajstić information content (AvgIpc) is 3.09. The van der Waals surface area contributed by atoms with Crippen LogP contribution in [0.25, 0.3) is 5.65 Å². The van der Waals surface area contributed by atoms with Gasteiger partial charge in [-0.15, -0.1) is 15.3 Å². The second-order valence-electron chi connectivity index (χ2n) is 5.89. The van der Waals surface area contributed by atoms with E-state index in [1.54, 1.807) is 53.0 Å². The minimum Gasteiger partial charge on any atom is -0.485 e. The van der Waals surface area contributed by atoms with E-state index in [1.807, 2.05) is 12.1 Å². The maximum atomic E-state index is 11.5. The molecule has 0 atom stereocenters. The zero-order valence-electron chi connectivity index (χ0n) is 14.5. The van der Waals surface area contributed by atoms with Crippen molar-refractivity contribution in [2.24, 2.45) is 5.73 Å². The Kier molecular flexibility index (Phi) is 4.77. The van der Waals surface area contributed by atoms with Gasteiger partial charge in [-0.05, 0) is 42.5 Å². The first-order valence-electron chi connectivity index (χ1n) is 8.36. The van der Waals surface area contributed by atoms with Gasteiger partial charge in [0.05, 0.1) is 5.56 Å². The number of nitrogens with zero attached hydrogens (tertiary/aromatic N) is 4. The monoisotopic (exact) mass is 394 g/mol. The molecule has 0 aliphatic heterocycles. The number of anilines is 2. The van der Waals surface area contributed by atoms with Gasteiger partial charge in [-0.3, -0.25) is 4.79 Å². The molecular weight excluding hydrogens is 380 g/mol. The van der Waals surface area contributed by atoms with E-state index in [4.69, 9.17) is 22.1 Å². The Morgan fingerprint density at radius 1 is 1.11 bits per heavy atom. The van der Waals surface area contributed by atoms with Crippen molar-refractivity contribution in [3.05, 3.63) is 77.1 Å². The number of ether oxygens (including phenoxy) is 1. The zero-order valence-corrected chi connectivity index (χ0v) is 15.3. The van der Waals surface area contributed by atoms with Crippen molar-refractivity contribution in [2.45, 2.75) is 6.61 Å². The molecule has 0 aliphatic carbocycles. The Bertz CT molecular complexity index is 1160. The quantitative estimate of drug-likeness (QED) is 0.520. The van der Waals surface area contributed by atoms with E-state index in [0.29, 0.717) is 33.6 Å². The first-order valence-corrected chi connectivity index (χ1v) is 8.73. The maximum absolute atomic E-state index is 11.5. The Morgan fingerprint density at radius 3 is 2.79 bits per heavy atom. The van der Waals surface area contributed by atoms with Crippen molar-refractivity contribution in [2.75, 3.05) is 5.32 Å². The normalized spacial score (nSPS) is 10.8. The first kappa shape index (κ1) is 17.7. The van der Waals surface area contributed by atoms with Gasteiger partial charge in [0.15, 0.2) is 17.3 Å². The van der Waals surface area contributed by atoms with Crippen LogP contribution < -0.4 is 15.8 Å². The fourth-order valence-corrected chi connectivity index (χ4v) is 2.83. The lowest BCUT2D eigenvalue weighted by molar-refractivity contribution is 0.0995. The molecule has 2 aromatic carbocycles. The third-order valence-corrected chi connectivity index (χ3v) is 4.17. The minimum absolute atomic E-state index is 0.0685. The number of carbonyl (C=O) groups is 1. The summed E-state index contributed by atoms with van der Waals surface area (Å²) in [5.41, 5.74) is 7.05. The fraction of sp³-hybridized carbons (Fsp3) is 0.0526. The summed E-state index contributed by atoms with van der Waals surface area (Å²) in [7, 11) is 0. The van der Waals surface area contributed by atoms with Gasteiger partial charge in [0.2, 0.25) is 0 Å². The number of para-hydroxylation sites is 1. The van der Waals surface area contributed by atoms with Crippen LogP contribution in [-0.4, -0.2) is 25.7 Å². The van der Waals surface area contributed by atoms with Crippen molar-refractivity contribution in [1.82, 2.24) is 19.8 Å². The summed E-state index contributed by atoms with van der Waals surface area (Å²) >= 11 is 6.01. The van der Waals surface area contributed by atoms with Crippen molar-refractivity contribution >= 4 is 34.7 Å². The smallest absolute Gasteiger partial charge is 0.252 e. The lowest BCUT2D eigenvalue weighted by Gasteiger charge is -2.09. The summed E-state index contributed by atoms with van der Waals surface area (Å²) in [5, 5.41) is 16.5. The van der Waals surface area contributed by atoms with E-state index in [9.17, 15) is 4.79 Å². The largest absolute Gasteiger partial charge is 0.485 e. The standard InChI is InChI=1S/C19H15ClN6O2/c20-12-4-3-5-13(10-12)22-16-8-9-17-23-24-18(26(17)25-16)11-28-15-7-2-1-6-14(15)19(21)27/h1-10H,11H2,(H2,21,27)(H,22,25). The van der Waals surface area contributed by atoms with Crippen LogP contribution in [0.15, 0.2) is 60.7 Å². The summed E-state index contributed by atoms with van der Waals surface area (Å²) in [4.78, 5) is 11.5. The van der Waals surface area contributed by atoms with E-state index < -0.39 is 5.91 Å². The van der Waals surface area contributed by atoms with Crippen molar-refractivity contribution in [1.29, 1.82) is 0 Å². The number of primary amides is 1. The molecule has 28 heavy (non-hydrogen) atoms. The summed E-state index contributed by atoms with van der Waals surface area (Å²) in [6.07, 6.45) is 0. The molecule has 0 bridgehead atoms. The van der Waals surface area contributed by atoms with Gasteiger partial charge in [0.1, 0.15) is 12.4 Å². The van der Waals surface area contributed by atoms with Crippen LogP contribution in [0.1, 0.15) is 16.2 Å². The number of nitrogens with one attached hydrogen (secondary N) is 1. The molecule has 4 rings (SSSR count). The van der Waals surface area contributed by atoms with Gasteiger partial charge in [-0.2, -0.15) is 4.52 Å². The molecule has 0 saturated carbocycles. The van der Waals surface area contributed by atoms with E-state index >= 15 is 0 Å². The number of nitrogens with two attached hydrogens (primary N) is 1. The van der Waals surface area contributed by atoms with Crippen molar-refractivity contribution in [3.8, 4) is 5.75 Å². The van der Waals surface area contributed by atoms with E-state index in [-0.39, 0.29) is 6.61 Å². The van der Waals surface area contributed by atoms with Crippen LogP contribution in [-0.2, 0) is 6.61 Å². The molecule has 2 aromatic heterocycles. The minimum atomic E-state index is -0.562. The Hall–Kier alpha value is -3.65. The lowest BCUT2D eigenvalue weighted by atomic mass is 10.2. The van der Waals surface area contributed by atoms with Crippen LogP contribution in [0.3, 0.4) is 0 Å². The average molecular weight is 395 g/mol. The number of carbonyl (C=O) groups excluding carboxylic acids is 1. The molecule has 0 saturated heterocycles. The molecule has 8 nitrogen and oxygen atoms in total. The Morgan fingerprint density at radius 2 is 1.96 bits per heavy atom. The van der Waals surface area contributed by atoms with E-state index in [1.165, 1.54) is 0 Å². The van der Waals surface area contributed by atoms with E-state index in [0.717, 1.165) is 5.69 Å². The van der Waals surface area contributed by atoms with Crippen LogP contribution >= 0.6 is 11.6 Å². The molecule has 0 spiro atoms. The maximum Gasteiger partial charge on any atom is 0.252 e. The Balaban J connectivity index is 1.57. The van der Waals surface area contributed by atoms with Gasteiger partial charge < -0.3 is 15.8 Å². The molecule has 4 aromatic rings. The number of fused-ring (bicyclic) bond motifs is 1. The van der Waals surface area contributed by atoms with Crippen molar-refractivity contribution < 1.29 is 9.53 Å². The fourth-order valence-electron chi connectivity index (χ4n) is 2.64. The number of rotatable bonds is 6. The topological polar surface area (TPSA) is 107 Å². The van der Waals surface area contributed by atoms with Crippen LogP contribution in [0.4, 0.5) is 11.5 Å². The zero-order chi connectivity index (χ0) is 19.5. The van der Waals surface area contributed by atoms with Gasteiger partial charge in [0.25, 0.3) is 5.91 Å².